The van der Waals surface area contributed by atoms with Crippen molar-refractivity contribution in [3.63, 3.8) is 0 Å². The molecule has 0 aliphatic carbocycles. The first-order valence-corrected chi connectivity index (χ1v) is 6.97. The van der Waals surface area contributed by atoms with Gasteiger partial charge < -0.3 is 10.6 Å². The Kier molecular flexibility index (Phi) is 4.24. The van der Waals surface area contributed by atoms with Crippen LogP contribution in [-0.4, -0.2) is 28.8 Å². The van der Waals surface area contributed by atoms with Crippen LogP contribution in [0.1, 0.15) is 32.4 Å². The van der Waals surface area contributed by atoms with Gasteiger partial charge in [-0.05, 0) is 37.9 Å². The molecule has 1 aliphatic rings. The predicted molar refractivity (Wildman–Crippen MR) is 74.4 cm³/mol. The third-order valence-electron chi connectivity index (χ3n) is 4.26. The fraction of sp³-hybridized carbons (Fsp3) is 0.714. The van der Waals surface area contributed by atoms with Gasteiger partial charge in [0.1, 0.15) is 0 Å². The van der Waals surface area contributed by atoms with Crippen molar-refractivity contribution in [3.8, 4) is 0 Å². The number of nitrogens with one attached hydrogen (secondary N) is 2. The number of carbonyl (C=O) groups excluding carboxylic acids is 1. The SMILES string of the molecule is Cn1nccc1CNC(=O)C(C)(C)C1CCCNC1. The number of hydrogen-bond donors (Lipinski definition) is 2. The summed E-state index contributed by atoms with van der Waals surface area (Å²) in [6, 6.07) is 1.93. The molecular weight excluding hydrogens is 240 g/mol. The van der Waals surface area contributed by atoms with Crippen molar-refractivity contribution in [2.75, 3.05) is 13.1 Å². The van der Waals surface area contributed by atoms with Gasteiger partial charge in [0.25, 0.3) is 0 Å². The quantitative estimate of drug-likeness (QED) is 0.855. The van der Waals surface area contributed by atoms with E-state index in [0.717, 1.165) is 31.6 Å². The van der Waals surface area contributed by atoms with E-state index in [1.54, 1.807) is 10.9 Å². The molecule has 5 heteroatoms. The molecular formula is C14H24N4O. The van der Waals surface area contributed by atoms with E-state index in [1.165, 1.54) is 0 Å². The Balaban J connectivity index is 1.92. The van der Waals surface area contributed by atoms with E-state index >= 15 is 0 Å². The fourth-order valence-electron chi connectivity index (χ4n) is 2.63. The zero-order valence-corrected chi connectivity index (χ0v) is 12.1. The molecule has 1 aromatic rings. The molecule has 2 rings (SSSR count). The van der Waals surface area contributed by atoms with Crippen molar-refractivity contribution in [3.05, 3.63) is 18.0 Å². The van der Waals surface area contributed by atoms with Gasteiger partial charge in [0.05, 0.1) is 12.2 Å². The Bertz CT molecular complexity index is 432. The van der Waals surface area contributed by atoms with Crippen LogP contribution in [0, 0.1) is 11.3 Å². The smallest absolute Gasteiger partial charge is 0.226 e. The lowest BCUT2D eigenvalue weighted by atomic mass is 9.74. The zero-order valence-electron chi connectivity index (χ0n) is 12.1. The summed E-state index contributed by atoms with van der Waals surface area (Å²) in [6.07, 6.45) is 4.03. The van der Waals surface area contributed by atoms with Crippen molar-refractivity contribution in [2.24, 2.45) is 18.4 Å². The summed E-state index contributed by atoms with van der Waals surface area (Å²) in [7, 11) is 1.89. The largest absolute Gasteiger partial charge is 0.350 e. The van der Waals surface area contributed by atoms with Crippen LogP contribution in [0.2, 0.25) is 0 Å². The van der Waals surface area contributed by atoms with Crippen LogP contribution in [0.4, 0.5) is 0 Å². The molecule has 0 spiro atoms. The summed E-state index contributed by atoms with van der Waals surface area (Å²) in [4.78, 5) is 12.4. The van der Waals surface area contributed by atoms with Gasteiger partial charge in [-0.3, -0.25) is 9.48 Å². The third kappa shape index (κ3) is 3.15. The molecule has 1 amide bonds. The predicted octanol–water partition coefficient (Wildman–Crippen LogP) is 1.06. The zero-order chi connectivity index (χ0) is 13.9. The van der Waals surface area contributed by atoms with Gasteiger partial charge in [-0.2, -0.15) is 5.10 Å². The van der Waals surface area contributed by atoms with E-state index in [9.17, 15) is 4.79 Å². The number of rotatable bonds is 4. The summed E-state index contributed by atoms with van der Waals surface area (Å²) in [6.45, 7) is 6.64. The van der Waals surface area contributed by atoms with Crippen LogP contribution < -0.4 is 10.6 Å². The van der Waals surface area contributed by atoms with Crippen LogP contribution in [0.25, 0.3) is 0 Å². The summed E-state index contributed by atoms with van der Waals surface area (Å²) < 4.78 is 1.79. The van der Waals surface area contributed by atoms with Gasteiger partial charge in [0.2, 0.25) is 5.91 Å². The standard InChI is InChI=1S/C14H24N4O/c1-14(2,11-5-4-7-15-9-11)13(19)16-10-12-6-8-17-18(12)3/h6,8,11,15H,4-5,7,9-10H2,1-3H3,(H,16,19). The first-order chi connectivity index (χ1) is 9.01. The Morgan fingerprint density at radius 3 is 3.00 bits per heavy atom. The van der Waals surface area contributed by atoms with Crippen molar-refractivity contribution < 1.29 is 4.79 Å². The summed E-state index contributed by atoms with van der Waals surface area (Å²) in [5.41, 5.74) is 0.692. The number of nitrogens with zero attached hydrogens (tertiary/aromatic N) is 2. The Hall–Kier alpha value is -1.36. The highest BCUT2D eigenvalue weighted by Crippen LogP contribution is 2.31. The molecule has 0 aromatic carbocycles. The van der Waals surface area contributed by atoms with E-state index in [1.807, 2.05) is 27.0 Å². The molecule has 19 heavy (non-hydrogen) atoms. The van der Waals surface area contributed by atoms with Crippen molar-refractivity contribution in [1.82, 2.24) is 20.4 Å². The Labute approximate surface area is 114 Å². The van der Waals surface area contributed by atoms with Crippen molar-refractivity contribution in [1.29, 1.82) is 0 Å². The molecule has 2 N–H and O–H groups in total. The number of amides is 1. The molecule has 1 saturated heterocycles. The first-order valence-electron chi connectivity index (χ1n) is 6.97. The number of carbonyl (C=O) groups is 1. The number of aromatic nitrogens is 2. The minimum absolute atomic E-state index is 0.127. The maximum absolute atomic E-state index is 12.4. The maximum atomic E-state index is 12.4. The molecule has 0 radical (unpaired) electrons. The molecule has 1 aromatic heterocycles. The van der Waals surface area contributed by atoms with E-state index < -0.39 is 0 Å². The van der Waals surface area contributed by atoms with Crippen LogP contribution in [-0.2, 0) is 18.4 Å². The van der Waals surface area contributed by atoms with Crippen molar-refractivity contribution in [2.45, 2.75) is 33.2 Å². The van der Waals surface area contributed by atoms with Gasteiger partial charge in [-0.15, -0.1) is 0 Å². The van der Waals surface area contributed by atoms with E-state index in [4.69, 9.17) is 0 Å². The summed E-state index contributed by atoms with van der Waals surface area (Å²) in [5.74, 6) is 0.537. The average Bonchev–Trinajstić information content (AvgIpc) is 2.82. The van der Waals surface area contributed by atoms with E-state index in [2.05, 4.69) is 15.7 Å². The molecule has 0 saturated carbocycles. The molecule has 2 heterocycles. The highest BCUT2D eigenvalue weighted by atomic mass is 16.2. The molecule has 1 atom stereocenters. The number of aryl methyl sites for hydroxylation is 1. The number of hydrogen-bond acceptors (Lipinski definition) is 3. The minimum atomic E-state index is -0.327. The van der Waals surface area contributed by atoms with Gasteiger partial charge >= 0.3 is 0 Å². The fourth-order valence-corrected chi connectivity index (χ4v) is 2.63. The summed E-state index contributed by atoms with van der Waals surface area (Å²) in [5, 5.41) is 10.5. The highest BCUT2D eigenvalue weighted by molar-refractivity contribution is 5.82. The van der Waals surface area contributed by atoms with Crippen LogP contribution in [0.5, 0.6) is 0 Å². The highest BCUT2D eigenvalue weighted by Gasteiger charge is 2.37. The second kappa shape index (κ2) is 5.74. The maximum Gasteiger partial charge on any atom is 0.226 e. The van der Waals surface area contributed by atoms with E-state index in [0.29, 0.717) is 12.5 Å². The molecule has 1 aliphatic heterocycles. The minimum Gasteiger partial charge on any atom is -0.350 e. The van der Waals surface area contributed by atoms with Gasteiger partial charge in [-0.1, -0.05) is 13.8 Å². The Morgan fingerprint density at radius 2 is 2.42 bits per heavy atom. The lowest BCUT2D eigenvalue weighted by Crippen LogP contribution is -2.47. The van der Waals surface area contributed by atoms with Crippen LogP contribution in [0.3, 0.4) is 0 Å². The lowest BCUT2D eigenvalue weighted by molar-refractivity contribution is -0.132. The van der Waals surface area contributed by atoms with Gasteiger partial charge in [0.15, 0.2) is 0 Å². The third-order valence-corrected chi connectivity index (χ3v) is 4.26. The molecule has 0 bridgehead atoms. The Morgan fingerprint density at radius 1 is 1.63 bits per heavy atom. The lowest BCUT2D eigenvalue weighted by Gasteiger charge is -2.36. The van der Waals surface area contributed by atoms with Crippen LogP contribution >= 0.6 is 0 Å². The second-order valence-corrected chi connectivity index (χ2v) is 5.89. The summed E-state index contributed by atoms with van der Waals surface area (Å²) >= 11 is 0. The van der Waals surface area contributed by atoms with Gasteiger partial charge in [-0.25, -0.2) is 0 Å². The normalized spacial score (nSPS) is 20.3. The molecule has 1 fully saturated rings. The average molecular weight is 264 g/mol. The molecule has 1 unspecified atom stereocenters. The topological polar surface area (TPSA) is 59.0 Å². The van der Waals surface area contributed by atoms with Crippen LogP contribution in [0.15, 0.2) is 12.3 Å². The molecule has 5 nitrogen and oxygen atoms in total. The van der Waals surface area contributed by atoms with Gasteiger partial charge in [0, 0.05) is 18.7 Å². The van der Waals surface area contributed by atoms with E-state index in [-0.39, 0.29) is 11.3 Å². The number of piperidine rings is 1. The first kappa shape index (κ1) is 14.1. The molecule has 106 valence electrons. The van der Waals surface area contributed by atoms with Crippen molar-refractivity contribution >= 4 is 5.91 Å². The second-order valence-electron chi connectivity index (χ2n) is 5.89. The monoisotopic (exact) mass is 264 g/mol.